The Kier molecular flexibility index (Phi) is 3.22. The third-order valence-electron chi connectivity index (χ3n) is 3.68. The third-order valence-corrected chi connectivity index (χ3v) is 4.66. The molecule has 1 fully saturated rings. The van der Waals surface area contributed by atoms with Gasteiger partial charge in [0, 0.05) is 19.3 Å². The molecule has 1 N–H and O–H groups in total. The topological polar surface area (TPSA) is 49.4 Å². The Bertz CT molecular complexity index is 544. The van der Waals surface area contributed by atoms with E-state index in [-0.39, 0.29) is 16.4 Å². The summed E-state index contributed by atoms with van der Waals surface area (Å²) in [6.45, 7) is 1.10. The summed E-state index contributed by atoms with van der Waals surface area (Å²) in [5.41, 5.74) is 3.77. The van der Waals surface area contributed by atoms with Crippen LogP contribution in [-0.4, -0.2) is 30.0 Å². The van der Waals surface area contributed by atoms with Crippen LogP contribution in [0.25, 0.3) is 0 Å². The van der Waals surface area contributed by atoms with Crippen molar-refractivity contribution < 1.29 is 9.59 Å². The van der Waals surface area contributed by atoms with Gasteiger partial charge < -0.3 is 4.90 Å². The number of hydrogen-bond donors (Lipinski definition) is 1. The summed E-state index contributed by atoms with van der Waals surface area (Å²) in [4.78, 5) is 25.0. The predicted molar refractivity (Wildman–Crippen MR) is 76.7 cm³/mol. The number of imide groups is 1. The van der Waals surface area contributed by atoms with E-state index in [0.29, 0.717) is 6.42 Å². The van der Waals surface area contributed by atoms with Crippen LogP contribution in [0.5, 0.6) is 0 Å². The standard InChI is InChI=1S/C14H16N2O2S/c1-16-6-2-3-10-7-9(4-5-11(10)16)8-12-13(17)15-14(18)19-12/h4-5,7,12H,2-3,6,8H2,1H3,(H,15,17,18). The zero-order valence-electron chi connectivity index (χ0n) is 10.8. The van der Waals surface area contributed by atoms with Crippen molar-refractivity contribution in [1.29, 1.82) is 0 Å². The van der Waals surface area contributed by atoms with Crippen molar-refractivity contribution in [3.8, 4) is 0 Å². The fraction of sp³-hybridized carbons (Fsp3) is 0.429. The molecular formula is C14H16N2O2S. The van der Waals surface area contributed by atoms with Crippen LogP contribution in [0.4, 0.5) is 10.5 Å². The second-order valence-corrected chi connectivity index (χ2v) is 6.25. The summed E-state index contributed by atoms with van der Waals surface area (Å²) in [6, 6.07) is 6.38. The van der Waals surface area contributed by atoms with Crippen molar-refractivity contribution in [3.05, 3.63) is 29.3 Å². The summed E-state index contributed by atoms with van der Waals surface area (Å²) in [6.07, 6.45) is 2.89. The molecule has 2 aliphatic rings. The fourth-order valence-corrected chi connectivity index (χ4v) is 3.57. The van der Waals surface area contributed by atoms with Crippen molar-refractivity contribution in [3.63, 3.8) is 0 Å². The van der Waals surface area contributed by atoms with Crippen LogP contribution in [0.3, 0.4) is 0 Å². The van der Waals surface area contributed by atoms with Crippen molar-refractivity contribution in [2.45, 2.75) is 24.5 Å². The number of anilines is 1. The molecule has 2 heterocycles. The first-order chi connectivity index (χ1) is 9.13. The lowest BCUT2D eigenvalue weighted by Crippen LogP contribution is -2.26. The van der Waals surface area contributed by atoms with Crippen molar-refractivity contribution in [2.75, 3.05) is 18.5 Å². The molecule has 2 amide bonds. The maximum Gasteiger partial charge on any atom is 0.286 e. The summed E-state index contributed by atoms with van der Waals surface area (Å²) < 4.78 is 0. The monoisotopic (exact) mass is 276 g/mol. The molecule has 3 rings (SSSR count). The summed E-state index contributed by atoms with van der Waals surface area (Å²) in [7, 11) is 2.11. The van der Waals surface area contributed by atoms with Gasteiger partial charge in [-0.1, -0.05) is 23.9 Å². The van der Waals surface area contributed by atoms with Gasteiger partial charge in [-0.25, -0.2) is 0 Å². The average Bonchev–Trinajstić information content (AvgIpc) is 2.68. The van der Waals surface area contributed by atoms with Crippen molar-refractivity contribution in [1.82, 2.24) is 5.32 Å². The number of thioether (sulfide) groups is 1. The Morgan fingerprint density at radius 3 is 3.00 bits per heavy atom. The van der Waals surface area contributed by atoms with E-state index >= 15 is 0 Å². The number of aryl methyl sites for hydroxylation is 1. The number of nitrogens with zero attached hydrogens (tertiary/aromatic N) is 1. The van der Waals surface area contributed by atoms with E-state index in [4.69, 9.17) is 0 Å². The second kappa shape index (κ2) is 4.89. The lowest BCUT2D eigenvalue weighted by atomic mass is 9.98. The molecular weight excluding hydrogens is 260 g/mol. The molecule has 0 saturated carbocycles. The molecule has 1 aromatic carbocycles. The van der Waals surface area contributed by atoms with Crippen molar-refractivity contribution in [2.24, 2.45) is 0 Å². The quantitative estimate of drug-likeness (QED) is 0.897. The van der Waals surface area contributed by atoms with Gasteiger partial charge in [0.05, 0.1) is 5.25 Å². The number of nitrogens with one attached hydrogen (secondary N) is 1. The first-order valence-electron chi connectivity index (χ1n) is 6.48. The van der Waals surface area contributed by atoms with Crippen LogP contribution in [0.2, 0.25) is 0 Å². The number of carbonyl (C=O) groups excluding carboxylic acids is 2. The Balaban J connectivity index is 1.79. The van der Waals surface area contributed by atoms with Gasteiger partial charge >= 0.3 is 0 Å². The van der Waals surface area contributed by atoms with E-state index in [1.807, 2.05) is 0 Å². The minimum Gasteiger partial charge on any atom is -0.374 e. The van der Waals surface area contributed by atoms with Gasteiger partial charge in [-0.15, -0.1) is 0 Å². The number of benzene rings is 1. The van der Waals surface area contributed by atoms with Crippen LogP contribution in [-0.2, 0) is 17.6 Å². The minimum absolute atomic E-state index is 0.162. The highest BCUT2D eigenvalue weighted by molar-refractivity contribution is 8.15. The number of hydrogen-bond acceptors (Lipinski definition) is 4. The highest BCUT2D eigenvalue weighted by Crippen LogP contribution is 2.29. The molecule has 100 valence electrons. The Hall–Kier alpha value is -1.49. The highest BCUT2D eigenvalue weighted by atomic mass is 32.2. The molecule has 4 nitrogen and oxygen atoms in total. The number of rotatable bonds is 2. The molecule has 1 aromatic rings. The average molecular weight is 276 g/mol. The highest BCUT2D eigenvalue weighted by Gasteiger charge is 2.31. The van der Waals surface area contributed by atoms with Gasteiger partial charge in [0.1, 0.15) is 0 Å². The van der Waals surface area contributed by atoms with E-state index in [9.17, 15) is 9.59 Å². The largest absolute Gasteiger partial charge is 0.374 e. The lowest BCUT2D eigenvalue weighted by molar-refractivity contribution is -0.118. The van der Waals surface area contributed by atoms with E-state index in [2.05, 4.69) is 35.5 Å². The van der Waals surface area contributed by atoms with E-state index in [0.717, 1.165) is 30.3 Å². The van der Waals surface area contributed by atoms with Crippen LogP contribution in [0, 0.1) is 0 Å². The molecule has 0 spiro atoms. The normalized spacial score (nSPS) is 22.4. The predicted octanol–water partition coefficient (Wildman–Crippen LogP) is 1.96. The summed E-state index contributed by atoms with van der Waals surface area (Å²) in [5.74, 6) is -0.162. The Morgan fingerprint density at radius 1 is 1.42 bits per heavy atom. The van der Waals surface area contributed by atoms with Gasteiger partial charge in [0.25, 0.3) is 5.24 Å². The molecule has 19 heavy (non-hydrogen) atoms. The third kappa shape index (κ3) is 2.47. The minimum atomic E-state index is -0.271. The van der Waals surface area contributed by atoms with Gasteiger partial charge in [-0.3, -0.25) is 14.9 Å². The van der Waals surface area contributed by atoms with Crippen LogP contribution >= 0.6 is 11.8 Å². The molecule has 2 aliphatic heterocycles. The zero-order chi connectivity index (χ0) is 13.4. The Morgan fingerprint density at radius 2 is 2.26 bits per heavy atom. The Labute approximate surface area is 116 Å². The maximum atomic E-state index is 11.6. The molecule has 1 atom stereocenters. The fourth-order valence-electron chi connectivity index (χ4n) is 2.71. The first-order valence-corrected chi connectivity index (χ1v) is 7.36. The molecule has 0 aromatic heterocycles. The molecule has 1 unspecified atom stereocenters. The van der Waals surface area contributed by atoms with Crippen LogP contribution in [0.15, 0.2) is 18.2 Å². The van der Waals surface area contributed by atoms with Gasteiger partial charge in [0.15, 0.2) is 0 Å². The summed E-state index contributed by atoms with van der Waals surface area (Å²) >= 11 is 1.10. The molecule has 0 aliphatic carbocycles. The van der Waals surface area contributed by atoms with E-state index in [1.165, 1.54) is 17.7 Å². The van der Waals surface area contributed by atoms with Crippen LogP contribution in [0.1, 0.15) is 17.5 Å². The molecule has 0 radical (unpaired) electrons. The number of amides is 2. The SMILES string of the molecule is CN1CCCc2cc(CC3SC(=O)NC3=O)ccc21. The smallest absolute Gasteiger partial charge is 0.286 e. The zero-order valence-corrected chi connectivity index (χ0v) is 11.6. The first kappa shape index (κ1) is 12.5. The second-order valence-electron chi connectivity index (χ2n) is 5.08. The molecule has 0 bridgehead atoms. The van der Waals surface area contributed by atoms with E-state index in [1.54, 1.807) is 0 Å². The summed E-state index contributed by atoms with van der Waals surface area (Å²) in [5, 5.41) is 1.83. The lowest BCUT2D eigenvalue weighted by Gasteiger charge is -2.28. The van der Waals surface area contributed by atoms with Crippen molar-refractivity contribution >= 4 is 28.6 Å². The van der Waals surface area contributed by atoms with Gasteiger partial charge in [0.2, 0.25) is 5.91 Å². The van der Waals surface area contributed by atoms with Crippen LogP contribution < -0.4 is 10.2 Å². The molecule has 1 saturated heterocycles. The number of carbonyl (C=O) groups is 2. The van der Waals surface area contributed by atoms with Gasteiger partial charge in [-0.05, 0) is 36.5 Å². The van der Waals surface area contributed by atoms with E-state index < -0.39 is 0 Å². The molecule has 5 heteroatoms. The number of fused-ring (bicyclic) bond motifs is 1. The maximum absolute atomic E-state index is 11.6. The van der Waals surface area contributed by atoms with Gasteiger partial charge in [-0.2, -0.15) is 0 Å².